The second kappa shape index (κ2) is 4.41. The van der Waals surface area contributed by atoms with Crippen LogP contribution in [-0.4, -0.2) is 25.1 Å². The number of esters is 1. The van der Waals surface area contributed by atoms with Crippen molar-refractivity contribution in [3.05, 3.63) is 33.9 Å². The molecule has 0 aliphatic carbocycles. The first-order chi connectivity index (χ1) is 7.10. The Kier molecular flexibility index (Phi) is 3.22. The molecular formula is C9H9NO5. The minimum absolute atomic E-state index is 0.104. The van der Waals surface area contributed by atoms with Crippen LogP contribution in [-0.2, 0) is 4.74 Å². The second-order valence-electron chi connectivity index (χ2n) is 2.64. The average molecular weight is 211 g/mol. The van der Waals surface area contributed by atoms with Crippen LogP contribution < -0.4 is 4.74 Å². The van der Waals surface area contributed by atoms with Gasteiger partial charge in [-0.3, -0.25) is 10.1 Å². The monoisotopic (exact) mass is 211 g/mol. The largest absolute Gasteiger partial charge is 0.490 e. The molecule has 80 valence electrons. The van der Waals surface area contributed by atoms with Crippen LogP contribution >= 0.6 is 0 Å². The molecule has 0 unspecified atom stereocenters. The van der Waals surface area contributed by atoms with Crippen LogP contribution in [0.15, 0.2) is 18.2 Å². The molecule has 1 rings (SSSR count). The van der Waals surface area contributed by atoms with Crippen molar-refractivity contribution in [3.63, 3.8) is 0 Å². The second-order valence-corrected chi connectivity index (χ2v) is 2.64. The summed E-state index contributed by atoms with van der Waals surface area (Å²) in [6.07, 6.45) is 0. The molecule has 1 aromatic rings. The first-order valence-electron chi connectivity index (χ1n) is 4.01. The number of nitrogens with zero attached hydrogens (tertiary/aromatic N) is 1. The van der Waals surface area contributed by atoms with Crippen LogP contribution in [0.3, 0.4) is 0 Å². The van der Waals surface area contributed by atoms with E-state index in [1.807, 2.05) is 0 Å². The maximum Gasteiger partial charge on any atom is 0.338 e. The molecule has 0 aliphatic heterocycles. The van der Waals surface area contributed by atoms with E-state index in [0.29, 0.717) is 0 Å². The van der Waals surface area contributed by atoms with E-state index in [-0.39, 0.29) is 17.0 Å². The summed E-state index contributed by atoms with van der Waals surface area (Å²) in [5, 5.41) is 10.6. The molecule has 0 N–H and O–H groups in total. The Morgan fingerprint density at radius 3 is 2.53 bits per heavy atom. The van der Waals surface area contributed by atoms with Crippen molar-refractivity contribution in [2.75, 3.05) is 14.2 Å². The molecule has 0 amide bonds. The molecule has 0 spiro atoms. The lowest BCUT2D eigenvalue weighted by Gasteiger charge is -2.03. The summed E-state index contributed by atoms with van der Waals surface area (Å²) in [6, 6.07) is 3.87. The normalized spacial score (nSPS) is 9.47. The lowest BCUT2D eigenvalue weighted by atomic mass is 10.2. The van der Waals surface area contributed by atoms with Gasteiger partial charge in [-0.1, -0.05) is 0 Å². The molecule has 0 atom stereocenters. The summed E-state index contributed by atoms with van der Waals surface area (Å²) in [5.74, 6) is -0.520. The third kappa shape index (κ3) is 2.22. The number of benzene rings is 1. The zero-order valence-corrected chi connectivity index (χ0v) is 8.22. The highest BCUT2D eigenvalue weighted by molar-refractivity contribution is 5.90. The molecule has 0 aliphatic rings. The maximum atomic E-state index is 11.1. The van der Waals surface area contributed by atoms with Gasteiger partial charge in [0.1, 0.15) is 0 Å². The Hall–Kier alpha value is -2.11. The van der Waals surface area contributed by atoms with Gasteiger partial charge in [-0.15, -0.1) is 0 Å². The van der Waals surface area contributed by atoms with E-state index in [1.54, 1.807) is 0 Å². The third-order valence-corrected chi connectivity index (χ3v) is 1.80. The summed E-state index contributed by atoms with van der Waals surface area (Å²) in [7, 11) is 2.53. The Bertz CT molecular complexity index is 401. The first kappa shape index (κ1) is 11.0. The number of nitro benzene ring substituents is 1. The van der Waals surface area contributed by atoms with Gasteiger partial charge >= 0.3 is 11.7 Å². The van der Waals surface area contributed by atoms with Crippen molar-refractivity contribution in [1.29, 1.82) is 0 Å². The van der Waals surface area contributed by atoms with Crippen molar-refractivity contribution in [1.82, 2.24) is 0 Å². The molecule has 0 fully saturated rings. The smallest absolute Gasteiger partial charge is 0.338 e. The van der Waals surface area contributed by atoms with Crippen LogP contribution in [0.25, 0.3) is 0 Å². The van der Waals surface area contributed by atoms with E-state index < -0.39 is 10.9 Å². The maximum absolute atomic E-state index is 11.1. The van der Waals surface area contributed by atoms with Crippen molar-refractivity contribution in [3.8, 4) is 5.75 Å². The van der Waals surface area contributed by atoms with Crippen molar-refractivity contribution < 1.29 is 19.2 Å². The molecule has 6 heteroatoms. The number of rotatable bonds is 3. The number of hydrogen-bond donors (Lipinski definition) is 0. The molecule has 1 aromatic carbocycles. The zero-order valence-electron chi connectivity index (χ0n) is 8.22. The summed E-state index contributed by atoms with van der Waals surface area (Å²) >= 11 is 0. The Morgan fingerprint density at radius 2 is 2.07 bits per heavy atom. The fourth-order valence-corrected chi connectivity index (χ4v) is 1.08. The molecule has 0 aromatic heterocycles. The van der Waals surface area contributed by atoms with Crippen molar-refractivity contribution in [2.24, 2.45) is 0 Å². The molecule has 15 heavy (non-hydrogen) atoms. The van der Waals surface area contributed by atoms with Crippen molar-refractivity contribution in [2.45, 2.75) is 0 Å². The number of nitro groups is 1. The summed E-state index contributed by atoms with van der Waals surface area (Å²) in [5.41, 5.74) is -0.148. The van der Waals surface area contributed by atoms with Crippen LogP contribution in [0.2, 0.25) is 0 Å². The average Bonchev–Trinajstić information content (AvgIpc) is 2.27. The van der Waals surface area contributed by atoms with Gasteiger partial charge in [0.15, 0.2) is 5.75 Å². The van der Waals surface area contributed by atoms with Crippen LogP contribution in [0.1, 0.15) is 10.4 Å². The molecular weight excluding hydrogens is 202 g/mol. The lowest BCUT2D eigenvalue weighted by Crippen LogP contribution is -2.03. The number of carbonyl (C=O) groups excluding carboxylic acids is 1. The van der Waals surface area contributed by atoms with E-state index in [1.165, 1.54) is 26.4 Å². The Morgan fingerprint density at radius 1 is 1.40 bits per heavy atom. The predicted octanol–water partition coefficient (Wildman–Crippen LogP) is 1.39. The zero-order chi connectivity index (χ0) is 11.4. The van der Waals surface area contributed by atoms with E-state index in [2.05, 4.69) is 4.74 Å². The molecule has 0 radical (unpaired) electrons. The van der Waals surface area contributed by atoms with Gasteiger partial charge in [0.05, 0.1) is 24.7 Å². The Labute approximate surface area is 85.6 Å². The van der Waals surface area contributed by atoms with Gasteiger partial charge < -0.3 is 9.47 Å². The van der Waals surface area contributed by atoms with Crippen LogP contribution in [0.5, 0.6) is 5.75 Å². The van der Waals surface area contributed by atoms with E-state index in [9.17, 15) is 14.9 Å². The SMILES string of the molecule is COC(=O)c1ccc(OC)c([N+](=O)[O-])c1. The number of hydrogen-bond acceptors (Lipinski definition) is 5. The topological polar surface area (TPSA) is 78.7 Å². The summed E-state index contributed by atoms with van der Waals surface area (Å²) in [6.45, 7) is 0. The quantitative estimate of drug-likeness (QED) is 0.428. The highest BCUT2D eigenvalue weighted by Crippen LogP contribution is 2.27. The summed E-state index contributed by atoms with van der Waals surface area (Å²) < 4.78 is 9.22. The fourth-order valence-electron chi connectivity index (χ4n) is 1.08. The summed E-state index contributed by atoms with van der Waals surface area (Å²) in [4.78, 5) is 21.1. The number of ether oxygens (including phenoxy) is 2. The van der Waals surface area contributed by atoms with Gasteiger partial charge in [-0.2, -0.15) is 0 Å². The van der Waals surface area contributed by atoms with Gasteiger partial charge in [-0.25, -0.2) is 4.79 Å². The number of methoxy groups -OCH3 is 2. The fraction of sp³-hybridized carbons (Fsp3) is 0.222. The molecule has 0 heterocycles. The van der Waals surface area contributed by atoms with Gasteiger partial charge in [0.25, 0.3) is 0 Å². The van der Waals surface area contributed by atoms with E-state index >= 15 is 0 Å². The minimum Gasteiger partial charge on any atom is -0.490 e. The van der Waals surface area contributed by atoms with E-state index in [0.717, 1.165) is 6.07 Å². The van der Waals surface area contributed by atoms with Gasteiger partial charge in [0.2, 0.25) is 0 Å². The lowest BCUT2D eigenvalue weighted by molar-refractivity contribution is -0.385. The number of carbonyl (C=O) groups is 1. The van der Waals surface area contributed by atoms with Gasteiger partial charge in [-0.05, 0) is 12.1 Å². The molecule has 6 nitrogen and oxygen atoms in total. The Balaban J connectivity index is 3.22. The highest BCUT2D eigenvalue weighted by Gasteiger charge is 2.18. The highest BCUT2D eigenvalue weighted by atomic mass is 16.6. The first-order valence-corrected chi connectivity index (χ1v) is 4.01. The molecule has 0 bridgehead atoms. The predicted molar refractivity (Wildman–Crippen MR) is 51.0 cm³/mol. The van der Waals surface area contributed by atoms with E-state index in [4.69, 9.17) is 4.74 Å². The standard InChI is InChI=1S/C9H9NO5/c1-14-8-4-3-6(9(11)15-2)5-7(8)10(12)13/h3-5H,1-2H3. The van der Waals surface area contributed by atoms with Gasteiger partial charge in [0, 0.05) is 6.07 Å². The minimum atomic E-state index is -0.624. The van der Waals surface area contributed by atoms with Crippen LogP contribution in [0.4, 0.5) is 5.69 Å². The van der Waals surface area contributed by atoms with Crippen LogP contribution in [0, 0.1) is 10.1 Å². The molecule has 0 saturated carbocycles. The van der Waals surface area contributed by atoms with Crippen molar-refractivity contribution >= 4 is 11.7 Å². The third-order valence-electron chi connectivity index (χ3n) is 1.80. The molecule has 0 saturated heterocycles.